The van der Waals surface area contributed by atoms with Crippen LogP contribution in [0.1, 0.15) is 19.3 Å². The fourth-order valence-electron chi connectivity index (χ4n) is 2.32. The number of halogens is 1. The molecule has 1 saturated heterocycles. The largest absolute Gasteiger partial charge is 0.339 e. The minimum absolute atomic E-state index is 0.103. The Hall–Kier alpha value is -1.43. The van der Waals surface area contributed by atoms with E-state index in [2.05, 4.69) is 26.2 Å². The molecule has 1 N–H and O–H groups in total. The first-order valence-corrected chi connectivity index (χ1v) is 7.14. The van der Waals surface area contributed by atoms with Gasteiger partial charge in [0, 0.05) is 29.7 Å². The lowest BCUT2D eigenvalue weighted by atomic mass is 10.1. The van der Waals surface area contributed by atoms with E-state index in [1.165, 1.54) is 0 Å². The highest BCUT2D eigenvalue weighted by Gasteiger charge is 2.41. The molecule has 1 atom stereocenters. The number of rotatable bonds is 3. The van der Waals surface area contributed by atoms with E-state index in [-0.39, 0.29) is 17.7 Å². The summed E-state index contributed by atoms with van der Waals surface area (Å²) in [6, 6.07) is 3.94. The van der Waals surface area contributed by atoms with Crippen LogP contribution in [0.15, 0.2) is 22.8 Å². The average molecular weight is 324 g/mol. The molecule has 2 fully saturated rings. The summed E-state index contributed by atoms with van der Waals surface area (Å²) in [7, 11) is 0. The molecule has 2 aliphatic rings. The molecule has 6 heteroatoms. The lowest BCUT2D eigenvalue weighted by molar-refractivity contribution is -0.128. The Kier molecular flexibility index (Phi) is 3.26. The van der Waals surface area contributed by atoms with Crippen molar-refractivity contribution in [2.75, 3.05) is 11.9 Å². The number of anilines is 1. The predicted molar refractivity (Wildman–Crippen MR) is 73.4 cm³/mol. The third-order valence-electron chi connectivity index (χ3n) is 3.50. The third-order valence-corrected chi connectivity index (χ3v) is 3.96. The van der Waals surface area contributed by atoms with Crippen molar-refractivity contribution in [3.63, 3.8) is 0 Å². The Morgan fingerprint density at radius 3 is 2.84 bits per heavy atom. The average Bonchev–Trinajstić information content (AvgIpc) is 3.15. The van der Waals surface area contributed by atoms with E-state index < -0.39 is 0 Å². The Labute approximate surface area is 119 Å². The van der Waals surface area contributed by atoms with Crippen LogP contribution >= 0.6 is 15.9 Å². The van der Waals surface area contributed by atoms with Gasteiger partial charge in [-0.15, -0.1) is 0 Å². The second kappa shape index (κ2) is 4.92. The van der Waals surface area contributed by atoms with Crippen molar-refractivity contribution in [3.8, 4) is 0 Å². The van der Waals surface area contributed by atoms with E-state index in [1.54, 1.807) is 12.3 Å². The van der Waals surface area contributed by atoms with Crippen LogP contribution in [0.3, 0.4) is 0 Å². The molecule has 2 amide bonds. The van der Waals surface area contributed by atoms with Crippen LogP contribution in [-0.4, -0.2) is 34.3 Å². The molecule has 1 saturated carbocycles. The molecular weight excluding hydrogens is 310 g/mol. The number of likely N-dealkylation sites (tertiary alicyclic amines) is 1. The van der Waals surface area contributed by atoms with Crippen LogP contribution < -0.4 is 5.32 Å². The van der Waals surface area contributed by atoms with Crippen molar-refractivity contribution >= 4 is 33.6 Å². The van der Waals surface area contributed by atoms with Crippen molar-refractivity contribution in [2.45, 2.75) is 25.3 Å². The summed E-state index contributed by atoms with van der Waals surface area (Å²) in [4.78, 5) is 29.8. The van der Waals surface area contributed by atoms with E-state index in [4.69, 9.17) is 0 Å². The topological polar surface area (TPSA) is 62.3 Å². The molecule has 2 heterocycles. The quantitative estimate of drug-likeness (QED) is 0.922. The number of carbonyl (C=O) groups excluding carboxylic acids is 2. The number of nitrogens with zero attached hydrogens (tertiary/aromatic N) is 2. The maximum atomic E-state index is 12.1. The molecular formula is C13H14BrN3O2. The van der Waals surface area contributed by atoms with Crippen LogP contribution in [0.4, 0.5) is 5.82 Å². The summed E-state index contributed by atoms with van der Waals surface area (Å²) < 4.78 is 0.862. The number of carbonyl (C=O) groups is 2. The molecule has 0 bridgehead atoms. The fourth-order valence-corrected chi connectivity index (χ4v) is 2.56. The molecule has 100 valence electrons. The zero-order chi connectivity index (χ0) is 13.4. The van der Waals surface area contributed by atoms with Crippen LogP contribution in [-0.2, 0) is 9.59 Å². The standard InChI is InChI=1S/C13H14BrN3O2/c14-9-1-4-11(15-6-9)16-13(19)8-5-12(18)17(7-8)10-2-3-10/h1,4,6,8,10H,2-3,5,7H2,(H,15,16,19). The number of pyridine rings is 1. The lowest BCUT2D eigenvalue weighted by Crippen LogP contribution is -2.30. The first-order valence-electron chi connectivity index (χ1n) is 6.35. The van der Waals surface area contributed by atoms with E-state index in [0.29, 0.717) is 24.8 Å². The Morgan fingerprint density at radius 2 is 2.21 bits per heavy atom. The fraction of sp³-hybridized carbons (Fsp3) is 0.462. The summed E-state index contributed by atoms with van der Waals surface area (Å²) in [5, 5.41) is 2.76. The van der Waals surface area contributed by atoms with Gasteiger partial charge in [0.05, 0.1) is 5.92 Å². The molecule has 1 unspecified atom stereocenters. The molecule has 0 radical (unpaired) electrons. The molecule has 1 aliphatic carbocycles. The van der Waals surface area contributed by atoms with Crippen molar-refractivity contribution in [1.29, 1.82) is 0 Å². The molecule has 0 spiro atoms. The number of hydrogen-bond donors (Lipinski definition) is 1. The zero-order valence-electron chi connectivity index (χ0n) is 10.3. The first-order chi connectivity index (χ1) is 9.13. The molecule has 3 rings (SSSR count). The number of nitrogens with one attached hydrogen (secondary N) is 1. The summed E-state index contributed by atoms with van der Waals surface area (Å²) in [6.45, 7) is 0.547. The van der Waals surface area contributed by atoms with Gasteiger partial charge >= 0.3 is 0 Å². The second-order valence-electron chi connectivity index (χ2n) is 5.03. The summed E-state index contributed by atoms with van der Waals surface area (Å²) in [5.74, 6) is 0.252. The summed E-state index contributed by atoms with van der Waals surface area (Å²) in [5.41, 5.74) is 0. The molecule has 1 aromatic rings. The van der Waals surface area contributed by atoms with Gasteiger partial charge in [0.15, 0.2) is 0 Å². The van der Waals surface area contributed by atoms with Crippen LogP contribution in [0, 0.1) is 5.92 Å². The van der Waals surface area contributed by atoms with Gasteiger partial charge in [-0.05, 0) is 40.9 Å². The van der Waals surface area contributed by atoms with E-state index in [1.807, 2.05) is 11.0 Å². The lowest BCUT2D eigenvalue weighted by Gasteiger charge is -2.15. The number of aromatic nitrogens is 1. The van der Waals surface area contributed by atoms with Gasteiger partial charge in [-0.3, -0.25) is 9.59 Å². The maximum Gasteiger partial charge on any atom is 0.230 e. The van der Waals surface area contributed by atoms with Crippen LogP contribution in [0.25, 0.3) is 0 Å². The number of amides is 2. The zero-order valence-corrected chi connectivity index (χ0v) is 11.9. The highest BCUT2D eigenvalue weighted by Crippen LogP contribution is 2.32. The molecule has 0 aromatic carbocycles. The summed E-state index contributed by atoms with van der Waals surface area (Å²) in [6.07, 6.45) is 4.10. The van der Waals surface area contributed by atoms with Gasteiger partial charge in [-0.1, -0.05) is 0 Å². The smallest absolute Gasteiger partial charge is 0.230 e. The Balaban J connectivity index is 1.61. The van der Waals surface area contributed by atoms with E-state index in [0.717, 1.165) is 17.3 Å². The SMILES string of the molecule is O=C(Nc1ccc(Br)cn1)C1CC(=O)N(C2CC2)C1. The van der Waals surface area contributed by atoms with Crippen molar-refractivity contribution in [2.24, 2.45) is 5.92 Å². The van der Waals surface area contributed by atoms with Gasteiger partial charge in [-0.2, -0.15) is 0 Å². The summed E-state index contributed by atoms with van der Waals surface area (Å²) >= 11 is 3.29. The highest BCUT2D eigenvalue weighted by atomic mass is 79.9. The minimum atomic E-state index is -0.251. The second-order valence-corrected chi connectivity index (χ2v) is 5.94. The van der Waals surface area contributed by atoms with E-state index in [9.17, 15) is 9.59 Å². The normalized spacial score (nSPS) is 22.7. The molecule has 1 aromatic heterocycles. The predicted octanol–water partition coefficient (Wildman–Crippen LogP) is 1.79. The van der Waals surface area contributed by atoms with Gasteiger partial charge in [0.2, 0.25) is 11.8 Å². The molecule has 1 aliphatic heterocycles. The Bertz CT molecular complexity index is 513. The minimum Gasteiger partial charge on any atom is -0.339 e. The van der Waals surface area contributed by atoms with Crippen LogP contribution in [0.5, 0.6) is 0 Å². The maximum absolute atomic E-state index is 12.1. The third kappa shape index (κ3) is 2.78. The van der Waals surface area contributed by atoms with Crippen molar-refractivity contribution in [3.05, 3.63) is 22.8 Å². The van der Waals surface area contributed by atoms with Gasteiger partial charge < -0.3 is 10.2 Å². The Morgan fingerprint density at radius 1 is 1.42 bits per heavy atom. The van der Waals surface area contributed by atoms with Crippen molar-refractivity contribution < 1.29 is 9.59 Å². The van der Waals surface area contributed by atoms with Crippen molar-refractivity contribution in [1.82, 2.24) is 9.88 Å². The van der Waals surface area contributed by atoms with Gasteiger partial charge in [-0.25, -0.2) is 4.98 Å². The number of hydrogen-bond acceptors (Lipinski definition) is 3. The van der Waals surface area contributed by atoms with Gasteiger partial charge in [0.1, 0.15) is 5.82 Å². The van der Waals surface area contributed by atoms with E-state index >= 15 is 0 Å². The molecule has 19 heavy (non-hydrogen) atoms. The van der Waals surface area contributed by atoms with Gasteiger partial charge in [0.25, 0.3) is 0 Å². The molecule has 5 nitrogen and oxygen atoms in total. The first kappa shape index (κ1) is 12.6. The monoisotopic (exact) mass is 323 g/mol. The van der Waals surface area contributed by atoms with Crippen LogP contribution in [0.2, 0.25) is 0 Å². The highest BCUT2D eigenvalue weighted by molar-refractivity contribution is 9.10.